The van der Waals surface area contributed by atoms with E-state index in [0.717, 1.165) is 22.5 Å². The molecule has 6 nitrogen and oxygen atoms in total. The quantitative estimate of drug-likeness (QED) is 0.768. The molecule has 0 aliphatic carbocycles. The molecule has 1 N–H and O–H groups in total. The van der Waals surface area contributed by atoms with Crippen molar-refractivity contribution in [2.75, 3.05) is 29.0 Å². The summed E-state index contributed by atoms with van der Waals surface area (Å²) >= 11 is 0. The van der Waals surface area contributed by atoms with Crippen LogP contribution in [0.1, 0.15) is 19.4 Å². The lowest BCUT2D eigenvalue weighted by molar-refractivity contribution is -0.114. The van der Waals surface area contributed by atoms with Crippen molar-refractivity contribution in [3.05, 3.63) is 54.1 Å². The Kier molecular flexibility index (Phi) is 6.63. The maximum atomic E-state index is 12.4. The molecule has 140 valence electrons. The van der Waals surface area contributed by atoms with Crippen molar-refractivity contribution in [2.24, 2.45) is 0 Å². The molecule has 1 amide bonds. The van der Waals surface area contributed by atoms with Crippen LogP contribution >= 0.6 is 0 Å². The second-order valence-electron chi connectivity index (χ2n) is 5.77. The van der Waals surface area contributed by atoms with E-state index < -0.39 is 15.9 Å². The van der Waals surface area contributed by atoms with Crippen LogP contribution < -0.4 is 14.4 Å². The Labute approximate surface area is 154 Å². The number of benzene rings is 2. The molecule has 7 heteroatoms. The molecule has 0 heterocycles. The SMILES string of the molecule is CCOc1ccccc1N(CC(=O)Nc1ccc(CC)cc1)S(C)(=O)=O. The van der Waals surface area contributed by atoms with Gasteiger partial charge in [-0.3, -0.25) is 9.10 Å². The fourth-order valence-corrected chi connectivity index (χ4v) is 3.34. The number of hydrogen-bond donors (Lipinski definition) is 1. The predicted molar refractivity (Wildman–Crippen MR) is 104 cm³/mol. The van der Waals surface area contributed by atoms with Gasteiger partial charge in [-0.25, -0.2) is 8.42 Å². The smallest absolute Gasteiger partial charge is 0.245 e. The molecular formula is C19H24N2O4S. The van der Waals surface area contributed by atoms with Crippen molar-refractivity contribution in [1.29, 1.82) is 0 Å². The highest BCUT2D eigenvalue weighted by Crippen LogP contribution is 2.29. The summed E-state index contributed by atoms with van der Waals surface area (Å²) in [6.07, 6.45) is 1.98. The Balaban J connectivity index is 2.22. The molecule has 0 bridgehead atoms. The van der Waals surface area contributed by atoms with Gasteiger partial charge in [0, 0.05) is 5.69 Å². The molecule has 0 saturated carbocycles. The number of sulfonamides is 1. The molecule has 0 aliphatic heterocycles. The lowest BCUT2D eigenvalue weighted by Crippen LogP contribution is -2.37. The van der Waals surface area contributed by atoms with E-state index in [4.69, 9.17) is 4.74 Å². The Morgan fingerprint density at radius 1 is 1.08 bits per heavy atom. The van der Waals surface area contributed by atoms with Gasteiger partial charge in [-0.1, -0.05) is 31.2 Å². The van der Waals surface area contributed by atoms with E-state index >= 15 is 0 Å². The molecule has 0 spiro atoms. The topological polar surface area (TPSA) is 75.7 Å². The van der Waals surface area contributed by atoms with Gasteiger partial charge in [0.1, 0.15) is 12.3 Å². The highest BCUT2D eigenvalue weighted by atomic mass is 32.2. The van der Waals surface area contributed by atoms with Crippen molar-refractivity contribution in [2.45, 2.75) is 20.3 Å². The fraction of sp³-hybridized carbons (Fsp3) is 0.316. The molecule has 2 aromatic carbocycles. The number of para-hydroxylation sites is 2. The van der Waals surface area contributed by atoms with Gasteiger partial charge in [0.15, 0.2) is 0 Å². The molecule has 0 aromatic heterocycles. The highest BCUT2D eigenvalue weighted by molar-refractivity contribution is 7.92. The van der Waals surface area contributed by atoms with Crippen molar-refractivity contribution in [3.8, 4) is 5.75 Å². The van der Waals surface area contributed by atoms with Gasteiger partial charge in [-0.2, -0.15) is 0 Å². The zero-order valence-electron chi connectivity index (χ0n) is 15.2. The van der Waals surface area contributed by atoms with E-state index in [1.165, 1.54) is 0 Å². The van der Waals surface area contributed by atoms with Gasteiger partial charge in [-0.15, -0.1) is 0 Å². The first kappa shape index (κ1) is 19.8. The Hall–Kier alpha value is -2.54. The van der Waals surface area contributed by atoms with Crippen molar-refractivity contribution in [3.63, 3.8) is 0 Å². The predicted octanol–water partition coefficient (Wildman–Crippen LogP) is 3.05. The molecule has 0 saturated heterocycles. The first-order valence-corrected chi connectivity index (χ1v) is 10.3. The molecular weight excluding hydrogens is 352 g/mol. The average Bonchev–Trinajstić information content (AvgIpc) is 2.60. The molecule has 0 fully saturated rings. The number of carbonyl (C=O) groups excluding carboxylic acids is 1. The number of ether oxygens (including phenoxy) is 1. The molecule has 2 aromatic rings. The summed E-state index contributed by atoms with van der Waals surface area (Å²) in [6.45, 7) is 3.92. The number of hydrogen-bond acceptors (Lipinski definition) is 4. The zero-order valence-corrected chi connectivity index (χ0v) is 16.0. The average molecular weight is 376 g/mol. The van der Waals surface area contributed by atoms with E-state index in [0.29, 0.717) is 23.7 Å². The minimum Gasteiger partial charge on any atom is -0.492 e. The normalized spacial score (nSPS) is 11.0. The van der Waals surface area contributed by atoms with E-state index in [9.17, 15) is 13.2 Å². The van der Waals surface area contributed by atoms with Crippen LogP contribution in [-0.2, 0) is 21.2 Å². The van der Waals surface area contributed by atoms with Crippen LogP contribution in [0.2, 0.25) is 0 Å². The summed E-state index contributed by atoms with van der Waals surface area (Å²) in [7, 11) is -3.66. The van der Waals surface area contributed by atoms with Crippen molar-refractivity contribution < 1.29 is 17.9 Å². The molecule has 0 atom stereocenters. The Morgan fingerprint density at radius 2 is 1.73 bits per heavy atom. The zero-order chi connectivity index (χ0) is 19.2. The summed E-state index contributed by atoms with van der Waals surface area (Å²) in [5.41, 5.74) is 2.12. The Morgan fingerprint density at radius 3 is 2.31 bits per heavy atom. The summed E-state index contributed by atoms with van der Waals surface area (Å²) in [6, 6.07) is 14.2. The minimum absolute atomic E-state index is 0.335. The highest BCUT2D eigenvalue weighted by Gasteiger charge is 2.23. The van der Waals surface area contributed by atoms with E-state index in [1.807, 2.05) is 26.0 Å². The number of amides is 1. The minimum atomic E-state index is -3.66. The van der Waals surface area contributed by atoms with Crippen LogP contribution in [0.15, 0.2) is 48.5 Å². The summed E-state index contributed by atoms with van der Waals surface area (Å²) in [5, 5.41) is 2.73. The Bertz CT molecular complexity index is 848. The van der Waals surface area contributed by atoms with E-state index in [1.54, 1.807) is 36.4 Å². The first-order chi connectivity index (χ1) is 12.3. The summed E-state index contributed by atoms with van der Waals surface area (Å²) in [5.74, 6) is -0.00787. The van der Waals surface area contributed by atoms with Crippen LogP contribution in [-0.4, -0.2) is 33.7 Å². The standard InChI is InChI=1S/C19H24N2O4S/c1-4-15-10-12-16(13-11-15)20-19(22)14-21(26(3,23)24)17-8-6-7-9-18(17)25-5-2/h6-13H,4-5,14H2,1-3H3,(H,20,22). The van der Waals surface area contributed by atoms with Gasteiger partial charge in [-0.05, 0) is 43.2 Å². The van der Waals surface area contributed by atoms with E-state index in [-0.39, 0.29) is 6.54 Å². The number of anilines is 2. The van der Waals surface area contributed by atoms with Crippen LogP contribution in [0.4, 0.5) is 11.4 Å². The number of carbonyl (C=O) groups is 1. The van der Waals surface area contributed by atoms with Crippen molar-refractivity contribution in [1.82, 2.24) is 0 Å². The van der Waals surface area contributed by atoms with Crippen LogP contribution in [0, 0.1) is 0 Å². The third-order valence-electron chi connectivity index (χ3n) is 3.77. The van der Waals surface area contributed by atoms with E-state index in [2.05, 4.69) is 5.32 Å². The third kappa shape index (κ3) is 5.23. The maximum absolute atomic E-state index is 12.4. The second kappa shape index (κ2) is 8.71. The maximum Gasteiger partial charge on any atom is 0.245 e. The fourth-order valence-electron chi connectivity index (χ4n) is 2.48. The van der Waals surface area contributed by atoms with Gasteiger partial charge in [0.25, 0.3) is 0 Å². The first-order valence-electron chi connectivity index (χ1n) is 8.43. The largest absolute Gasteiger partial charge is 0.492 e. The van der Waals surface area contributed by atoms with Crippen molar-refractivity contribution >= 4 is 27.3 Å². The van der Waals surface area contributed by atoms with Crippen LogP contribution in [0.3, 0.4) is 0 Å². The van der Waals surface area contributed by atoms with Gasteiger partial charge in [0.05, 0.1) is 18.6 Å². The lowest BCUT2D eigenvalue weighted by atomic mass is 10.1. The molecule has 26 heavy (non-hydrogen) atoms. The third-order valence-corrected chi connectivity index (χ3v) is 4.89. The van der Waals surface area contributed by atoms with Gasteiger partial charge < -0.3 is 10.1 Å². The molecule has 0 aliphatic rings. The number of nitrogens with zero attached hydrogens (tertiary/aromatic N) is 1. The summed E-state index contributed by atoms with van der Waals surface area (Å²) < 4.78 is 31.1. The molecule has 0 radical (unpaired) electrons. The van der Waals surface area contributed by atoms with Gasteiger partial charge in [0.2, 0.25) is 15.9 Å². The molecule has 0 unspecified atom stereocenters. The monoisotopic (exact) mass is 376 g/mol. The molecule has 2 rings (SSSR count). The van der Waals surface area contributed by atoms with Crippen LogP contribution in [0.5, 0.6) is 5.75 Å². The summed E-state index contributed by atoms with van der Waals surface area (Å²) in [4.78, 5) is 12.4. The number of nitrogens with one attached hydrogen (secondary N) is 1. The lowest BCUT2D eigenvalue weighted by Gasteiger charge is -2.24. The van der Waals surface area contributed by atoms with Gasteiger partial charge >= 0.3 is 0 Å². The second-order valence-corrected chi connectivity index (χ2v) is 7.68. The number of rotatable bonds is 8. The number of aryl methyl sites for hydroxylation is 1. The van der Waals surface area contributed by atoms with Crippen LogP contribution in [0.25, 0.3) is 0 Å².